The minimum atomic E-state index is -4.27. The normalized spacial score (nSPS) is 21.9. The number of halogens is 3. The Balaban J connectivity index is 1.82. The molecule has 6 heteroatoms. The fraction of sp³-hybridized carbons (Fsp3) is 0.500. The number of nitrogens with one attached hydrogen (secondary N) is 2. The highest BCUT2D eigenvalue weighted by Gasteiger charge is 2.46. The summed E-state index contributed by atoms with van der Waals surface area (Å²) in [6.07, 6.45) is -2.55. The molecule has 2 aromatic rings. The number of aryl methyl sites for hydroxylation is 2. The number of aromatic nitrogens is 1. The first-order valence-corrected chi connectivity index (χ1v) is 8.23. The predicted octanol–water partition coefficient (Wildman–Crippen LogP) is 4.64. The van der Waals surface area contributed by atoms with Gasteiger partial charge in [0.25, 0.3) is 5.91 Å². The van der Waals surface area contributed by atoms with Gasteiger partial charge in [0.15, 0.2) is 0 Å². The van der Waals surface area contributed by atoms with Gasteiger partial charge in [-0.25, -0.2) is 0 Å². The second kappa shape index (κ2) is 6.15. The second-order valence-corrected chi connectivity index (χ2v) is 6.74. The lowest BCUT2D eigenvalue weighted by Gasteiger charge is -2.33. The molecule has 1 fully saturated rings. The van der Waals surface area contributed by atoms with Gasteiger partial charge in [-0.05, 0) is 49.9 Å². The largest absolute Gasteiger partial charge is 0.393 e. The summed E-state index contributed by atoms with van der Waals surface area (Å²) in [6.45, 7) is 3.91. The van der Waals surface area contributed by atoms with E-state index in [4.69, 9.17) is 0 Å². The van der Waals surface area contributed by atoms with E-state index in [9.17, 15) is 18.0 Å². The Hall–Kier alpha value is -1.98. The maximum absolute atomic E-state index is 13.1. The Bertz CT molecular complexity index is 763. The van der Waals surface area contributed by atoms with Crippen LogP contribution in [0.4, 0.5) is 13.2 Å². The van der Waals surface area contributed by atoms with Crippen LogP contribution in [0.3, 0.4) is 0 Å². The molecule has 0 radical (unpaired) electrons. The van der Waals surface area contributed by atoms with E-state index in [-0.39, 0.29) is 6.42 Å². The van der Waals surface area contributed by atoms with E-state index in [2.05, 4.69) is 10.3 Å². The molecule has 1 aromatic heterocycles. The third kappa shape index (κ3) is 3.28. The lowest BCUT2D eigenvalue weighted by Crippen LogP contribution is -2.47. The van der Waals surface area contributed by atoms with Crippen LogP contribution < -0.4 is 5.32 Å². The number of hydrogen-bond donors (Lipinski definition) is 2. The Labute approximate surface area is 138 Å². The molecular formula is C18H21F3N2O. The zero-order valence-corrected chi connectivity index (χ0v) is 13.8. The number of aromatic amines is 1. The quantitative estimate of drug-likeness (QED) is 0.823. The van der Waals surface area contributed by atoms with Gasteiger partial charge in [-0.2, -0.15) is 13.2 Å². The van der Waals surface area contributed by atoms with Crippen LogP contribution in [0.5, 0.6) is 0 Å². The second-order valence-electron chi connectivity index (χ2n) is 6.74. The fourth-order valence-corrected chi connectivity index (χ4v) is 3.66. The SMILES string of the molecule is Cc1cc(C)c2cc(C(=O)NC3CCCCC3C(F)(F)F)[nH]c2c1. The van der Waals surface area contributed by atoms with Crippen LogP contribution in [0.25, 0.3) is 10.9 Å². The van der Waals surface area contributed by atoms with Crippen molar-refractivity contribution in [3.63, 3.8) is 0 Å². The summed E-state index contributed by atoms with van der Waals surface area (Å²) in [7, 11) is 0. The first-order valence-electron chi connectivity index (χ1n) is 8.23. The molecule has 1 aliphatic rings. The molecule has 3 nitrogen and oxygen atoms in total. The van der Waals surface area contributed by atoms with Crippen molar-refractivity contribution in [2.45, 2.75) is 51.7 Å². The number of carbonyl (C=O) groups is 1. The fourth-order valence-electron chi connectivity index (χ4n) is 3.66. The van der Waals surface area contributed by atoms with Gasteiger partial charge in [0, 0.05) is 16.9 Å². The molecule has 1 amide bonds. The monoisotopic (exact) mass is 338 g/mol. The molecule has 2 N–H and O–H groups in total. The molecule has 0 spiro atoms. The highest BCUT2D eigenvalue weighted by atomic mass is 19.4. The van der Waals surface area contributed by atoms with E-state index in [0.29, 0.717) is 25.0 Å². The van der Waals surface area contributed by atoms with E-state index in [0.717, 1.165) is 22.0 Å². The van der Waals surface area contributed by atoms with Crippen molar-refractivity contribution >= 4 is 16.8 Å². The average molecular weight is 338 g/mol. The molecular weight excluding hydrogens is 317 g/mol. The van der Waals surface area contributed by atoms with E-state index >= 15 is 0 Å². The van der Waals surface area contributed by atoms with E-state index in [1.807, 2.05) is 26.0 Å². The zero-order valence-electron chi connectivity index (χ0n) is 13.8. The molecule has 130 valence electrons. The molecule has 2 atom stereocenters. The van der Waals surface area contributed by atoms with Crippen molar-refractivity contribution in [1.82, 2.24) is 10.3 Å². The third-order valence-corrected chi connectivity index (χ3v) is 4.84. The standard InChI is InChI=1S/C18H21F3N2O/c1-10-7-11(2)12-9-16(22-15(12)8-10)17(24)23-14-6-4-3-5-13(14)18(19,20)21/h7-9,13-14,22H,3-6H2,1-2H3,(H,23,24). The van der Waals surface area contributed by atoms with Gasteiger partial charge in [-0.3, -0.25) is 4.79 Å². The van der Waals surface area contributed by atoms with Crippen LogP contribution in [0.2, 0.25) is 0 Å². The molecule has 0 saturated heterocycles. The number of rotatable bonds is 2. The number of fused-ring (bicyclic) bond motifs is 1. The first-order chi connectivity index (χ1) is 11.3. The smallest absolute Gasteiger partial charge is 0.351 e. The van der Waals surface area contributed by atoms with Gasteiger partial charge in [-0.1, -0.05) is 18.9 Å². The first kappa shape index (κ1) is 16.9. The summed E-state index contributed by atoms with van der Waals surface area (Å²) < 4.78 is 39.4. The molecule has 0 aliphatic heterocycles. The Morgan fingerprint density at radius 3 is 2.58 bits per heavy atom. The number of hydrogen-bond acceptors (Lipinski definition) is 1. The summed E-state index contributed by atoms with van der Waals surface area (Å²) in [5, 5.41) is 3.51. The van der Waals surface area contributed by atoms with Crippen LogP contribution in [0, 0.1) is 19.8 Å². The van der Waals surface area contributed by atoms with Gasteiger partial charge in [0.1, 0.15) is 5.69 Å². The van der Waals surface area contributed by atoms with Crippen molar-refractivity contribution in [3.05, 3.63) is 35.0 Å². The van der Waals surface area contributed by atoms with Crippen molar-refractivity contribution in [2.75, 3.05) is 0 Å². The molecule has 1 aromatic carbocycles. The van der Waals surface area contributed by atoms with Crippen LogP contribution in [-0.2, 0) is 0 Å². The van der Waals surface area contributed by atoms with Gasteiger partial charge in [0.2, 0.25) is 0 Å². The molecule has 24 heavy (non-hydrogen) atoms. The topological polar surface area (TPSA) is 44.9 Å². The number of carbonyl (C=O) groups excluding carboxylic acids is 1. The summed E-state index contributed by atoms with van der Waals surface area (Å²) in [5.74, 6) is -1.92. The highest BCUT2D eigenvalue weighted by molar-refractivity contribution is 5.99. The number of alkyl halides is 3. The number of amides is 1. The Morgan fingerprint density at radius 2 is 1.88 bits per heavy atom. The van der Waals surface area contributed by atoms with Crippen molar-refractivity contribution in [2.24, 2.45) is 5.92 Å². The van der Waals surface area contributed by atoms with E-state index in [1.54, 1.807) is 6.07 Å². The highest BCUT2D eigenvalue weighted by Crippen LogP contribution is 2.37. The van der Waals surface area contributed by atoms with E-state index in [1.165, 1.54) is 0 Å². The summed E-state index contributed by atoms with van der Waals surface area (Å²) in [5.41, 5.74) is 3.24. The summed E-state index contributed by atoms with van der Waals surface area (Å²) in [4.78, 5) is 15.5. The molecule has 1 heterocycles. The van der Waals surface area contributed by atoms with Gasteiger partial charge in [-0.15, -0.1) is 0 Å². The van der Waals surface area contributed by atoms with Gasteiger partial charge >= 0.3 is 6.18 Å². The lowest BCUT2D eigenvalue weighted by atomic mass is 9.84. The van der Waals surface area contributed by atoms with Crippen LogP contribution in [0.1, 0.15) is 47.3 Å². The van der Waals surface area contributed by atoms with Crippen molar-refractivity contribution in [1.29, 1.82) is 0 Å². The van der Waals surface area contributed by atoms with Crippen LogP contribution in [-0.4, -0.2) is 23.1 Å². The van der Waals surface area contributed by atoms with Crippen molar-refractivity contribution < 1.29 is 18.0 Å². The minimum Gasteiger partial charge on any atom is -0.351 e. The summed E-state index contributed by atoms with van der Waals surface area (Å²) in [6, 6.07) is 4.81. The number of H-pyrrole nitrogens is 1. The molecule has 0 bridgehead atoms. The van der Waals surface area contributed by atoms with Crippen LogP contribution in [0.15, 0.2) is 18.2 Å². The molecule has 2 unspecified atom stereocenters. The van der Waals surface area contributed by atoms with Gasteiger partial charge in [0.05, 0.1) is 5.92 Å². The minimum absolute atomic E-state index is 0.0828. The molecule has 1 aliphatic carbocycles. The third-order valence-electron chi connectivity index (χ3n) is 4.84. The number of benzene rings is 1. The maximum Gasteiger partial charge on any atom is 0.393 e. The van der Waals surface area contributed by atoms with Gasteiger partial charge < -0.3 is 10.3 Å². The molecule has 3 rings (SSSR count). The van der Waals surface area contributed by atoms with E-state index < -0.39 is 24.0 Å². The lowest BCUT2D eigenvalue weighted by molar-refractivity contribution is -0.187. The Kier molecular flexibility index (Phi) is 4.32. The van der Waals surface area contributed by atoms with Crippen LogP contribution >= 0.6 is 0 Å². The average Bonchev–Trinajstić information content (AvgIpc) is 2.91. The maximum atomic E-state index is 13.1. The molecule has 1 saturated carbocycles. The summed E-state index contributed by atoms with van der Waals surface area (Å²) >= 11 is 0. The predicted molar refractivity (Wildman–Crippen MR) is 87.0 cm³/mol. The van der Waals surface area contributed by atoms with Crippen molar-refractivity contribution in [3.8, 4) is 0 Å². The Morgan fingerprint density at radius 1 is 1.17 bits per heavy atom. The zero-order chi connectivity index (χ0) is 17.5.